The lowest BCUT2D eigenvalue weighted by atomic mass is 10.1. The quantitative estimate of drug-likeness (QED) is 0.817. The summed E-state index contributed by atoms with van der Waals surface area (Å²) in [4.78, 5) is 0. The van der Waals surface area contributed by atoms with Gasteiger partial charge in [-0.3, -0.25) is 0 Å². The Bertz CT molecular complexity index is 738. The number of tetrazole rings is 1. The Kier molecular flexibility index (Phi) is 3.99. The minimum absolute atomic E-state index is 0.263. The molecule has 0 bridgehead atoms. The molecule has 1 saturated carbocycles. The Balaban J connectivity index is 1.95. The van der Waals surface area contributed by atoms with Crippen molar-refractivity contribution in [3.05, 3.63) is 41.7 Å². The summed E-state index contributed by atoms with van der Waals surface area (Å²) in [5.74, 6) is 0.455. The lowest BCUT2D eigenvalue weighted by molar-refractivity contribution is 0.546. The van der Waals surface area contributed by atoms with Crippen LogP contribution in [0.4, 0.5) is 0 Å². The summed E-state index contributed by atoms with van der Waals surface area (Å²) in [6.07, 6.45) is 2.56. The third-order valence-corrected chi connectivity index (χ3v) is 6.80. The molecule has 1 aliphatic carbocycles. The summed E-state index contributed by atoms with van der Waals surface area (Å²) in [5, 5.41) is 10.4. The van der Waals surface area contributed by atoms with Crippen LogP contribution in [0.5, 0.6) is 0 Å². The van der Waals surface area contributed by atoms with Gasteiger partial charge in [-0.1, -0.05) is 37.3 Å². The van der Waals surface area contributed by atoms with Gasteiger partial charge in [0.15, 0.2) is 15.7 Å². The van der Waals surface area contributed by atoms with Gasteiger partial charge in [0.2, 0.25) is 0 Å². The van der Waals surface area contributed by atoms with E-state index in [1.807, 2.05) is 37.3 Å². The first kappa shape index (κ1) is 15.1. The van der Waals surface area contributed by atoms with E-state index >= 15 is 0 Å². The lowest BCUT2D eigenvalue weighted by Gasteiger charge is -2.21. The Morgan fingerprint density at radius 2 is 1.95 bits per heavy atom. The van der Waals surface area contributed by atoms with Crippen LogP contribution in [-0.2, 0) is 9.84 Å². The molecule has 118 valence electrons. The molecule has 1 aromatic carbocycles. The molecule has 22 heavy (non-hydrogen) atoms. The molecule has 1 fully saturated rings. The highest BCUT2D eigenvalue weighted by atomic mass is 32.2. The van der Waals surface area contributed by atoms with Crippen LogP contribution in [0.1, 0.15) is 61.0 Å². The molecule has 2 aromatic rings. The number of sulfone groups is 1. The van der Waals surface area contributed by atoms with E-state index in [1.165, 1.54) is 0 Å². The molecule has 0 N–H and O–H groups in total. The van der Waals surface area contributed by atoms with Gasteiger partial charge in [-0.25, -0.2) is 13.1 Å². The maximum Gasteiger partial charge on any atom is 0.169 e. The lowest BCUT2D eigenvalue weighted by Crippen LogP contribution is -2.22. The molecule has 0 spiro atoms. The van der Waals surface area contributed by atoms with Gasteiger partial charge in [-0.05, 0) is 42.2 Å². The average Bonchev–Trinajstić information content (AvgIpc) is 3.25. The fourth-order valence-corrected chi connectivity index (χ4v) is 4.71. The monoisotopic (exact) mass is 320 g/mol. The molecule has 6 nitrogen and oxygen atoms in total. The van der Waals surface area contributed by atoms with Gasteiger partial charge in [0.05, 0.1) is 11.3 Å². The summed E-state index contributed by atoms with van der Waals surface area (Å²) in [6.45, 7) is 3.58. The maximum absolute atomic E-state index is 13.0. The first-order chi connectivity index (χ1) is 10.6. The molecule has 1 aromatic heterocycles. The molecule has 0 amide bonds. The van der Waals surface area contributed by atoms with Gasteiger partial charge in [0.1, 0.15) is 5.25 Å². The van der Waals surface area contributed by atoms with Crippen LogP contribution in [0.15, 0.2) is 30.3 Å². The summed E-state index contributed by atoms with van der Waals surface area (Å²) in [5.41, 5.74) is 0.822. The maximum atomic E-state index is 13.0. The molecule has 0 aliphatic heterocycles. The fourth-order valence-electron chi connectivity index (χ4n) is 2.77. The van der Waals surface area contributed by atoms with Gasteiger partial charge in [0, 0.05) is 0 Å². The second-order valence-electron chi connectivity index (χ2n) is 5.75. The van der Waals surface area contributed by atoms with Gasteiger partial charge in [-0.15, -0.1) is 5.10 Å². The SMILES string of the molecule is CC[C@H](c1ccccc1)S(=O)(=O)[C@H](C)c1nnnn1C1CC1. The highest BCUT2D eigenvalue weighted by molar-refractivity contribution is 7.91. The van der Waals surface area contributed by atoms with Crippen molar-refractivity contribution in [1.29, 1.82) is 0 Å². The highest BCUT2D eigenvalue weighted by Crippen LogP contribution is 2.39. The van der Waals surface area contributed by atoms with E-state index in [-0.39, 0.29) is 6.04 Å². The van der Waals surface area contributed by atoms with E-state index in [0.29, 0.717) is 12.2 Å². The van der Waals surface area contributed by atoms with Gasteiger partial charge in [0.25, 0.3) is 0 Å². The molecule has 7 heteroatoms. The van der Waals surface area contributed by atoms with E-state index in [4.69, 9.17) is 0 Å². The number of aromatic nitrogens is 4. The summed E-state index contributed by atoms with van der Waals surface area (Å²) >= 11 is 0. The van der Waals surface area contributed by atoms with Crippen molar-refractivity contribution in [3.63, 3.8) is 0 Å². The molecular formula is C15H20N4O2S. The minimum Gasteiger partial charge on any atom is -0.227 e. The fraction of sp³-hybridized carbons (Fsp3) is 0.533. The van der Waals surface area contributed by atoms with Gasteiger partial charge >= 0.3 is 0 Å². The van der Waals surface area contributed by atoms with Crippen molar-refractivity contribution in [3.8, 4) is 0 Å². The third-order valence-electron chi connectivity index (χ3n) is 4.21. The van der Waals surface area contributed by atoms with Gasteiger partial charge < -0.3 is 0 Å². The molecule has 1 heterocycles. The van der Waals surface area contributed by atoms with E-state index in [9.17, 15) is 8.42 Å². The van der Waals surface area contributed by atoms with Crippen LogP contribution in [-0.4, -0.2) is 28.6 Å². The van der Waals surface area contributed by atoms with Crippen molar-refractivity contribution in [2.45, 2.75) is 49.7 Å². The average molecular weight is 320 g/mol. The molecule has 0 saturated heterocycles. The number of hydrogen-bond acceptors (Lipinski definition) is 5. The summed E-state index contributed by atoms with van der Waals surface area (Å²) in [6, 6.07) is 9.61. The standard InChI is InChI=1S/C15H20N4O2S/c1-3-14(12-7-5-4-6-8-12)22(20,21)11(2)15-16-17-18-19(15)13-9-10-13/h4-8,11,13-14H,3,9-10H2,1-2H3/t11-,14-/m1/s1. The second-order valence-corrected chi connectivity index (χ2v) is 8.21. The van der Waals surface area contributed by atoms with Crippen LogP contribution in [0, 0.1) is 0 Å². The van der Waals surface area contributed by atoms with E-state index in [0.717, 1.165) is 18.4 Å². The number of nitrogens with zero attached hydrogens (tertiary/aromatic N) is 4. The minimum atomic E-state index is -3.42. The molecule has 1 aliphatic rings. The molecule has 0 radical (unpaired) electrons. The van der Waals surface area contributed by atoms with Crippen molar-refractivity contribution < 1.29 is 8.42 Å². The number of hydrogen-bond donors (Lipinski definition) is 0. The first-order valence-electron chi connectivity index (χ1n) is 7.61. The van der Waals surface area contributed by atoms with E-state index in [1.54, 1.807) is 11.6 Å². The highest BCUT2D eigenvalue weighted by Gasteiger charge is 2.38. The van der Waals surface area contributed by atoms with E-state index in [2.05, 4.69) is 15.5 Å². The zero-order valence-corrected chi connectivity index (χ0v) is 13.6. The van der Waals surface area contributed by atoms with Crippen LogP contribution >= 0.6 is 0 Å². The van der Waals surface area contributed by atoms with Crippen molar-refractivity contribution in [2.75, 3.05) is 0 Å². The normalized spacial score (nSPS) is 18.1. The third kappa shape index (κ3) is 2.65. The van der Waals surface area contributed by atoms with Crippen molar-refractivity contribution in [2.24, 2.45) is 0 Å². The van der Waals surface area contributed by atoms with Crippen molar-refractivity contribution in [1.82, 2.24) is 20.2 Å². The smallest absolute Gasteiger partial charge is 0.169 e. The zero-order chi connectivity index (χ0) is 15.7. The summed E-state index contributed by atoms with van der Waals surface area (Å²) < 4.78 is 27.8. The second kappa shape index (κ2) is 5.79. The molecular weight excluding hydrogens is 300 g/mol. The van der Waals surface area contributed by atoms with Gasteiger partial charge in [-0.2, -0.15) is 0 Å². The largest absolute Gasteiger partial charge is 0.227 e. The number of benzene rings is 1. The molecule has 0 unspecified atom stereocenters. The molecule has 3 rings (SSSR count). The van der Waals surface area contributed by atoms with Crippen LogP contribution in [0.25, 0.3) is 0 Å². The Labute approximate surface area is 130 Å². The first-order valence-corrected chi connectivity index (χ1v) is 9.22. The molecule has 2 atom stereocenters. The Hall–Kier alpha value is -1.76. The topological polar surface area (TPSA) is 77.7 Å². The van der Waals surface area contributed by atoms with E-state index < -0.39 is 20.3 Å². The predicted molar refractivity (Wildman–Crippen MR) is 82.9 cm³/mol. The predicted octanol–water partition coefficient (Wildman–Crippen LogP) is 2.64. The van der Waals surface area contributed by atoms with Crippen molar-refractivity contribution >= 4 is 9.84 Å². The van der Waals surface area contributed by atoms with Crippen LogP contribution in [0.2, 0.25) is 0 Å². The Morgan fingerprint density at radius 1 is 1.27 bits per heavy atom. The zero-order valence-electron chi connectivity index (χ0n) is 12.8. The van der Waals surface area contributed by atoms with Crippen LogP contribution in [0.3, 0.4) is 0 Å². The summed E-state index contributed by atoms with van der Waals surface area (Å²) in [7, 11) is -3.42. The van der Waals surface area contributed by atoms with Crippen LogP contribution < -0.4 is 0 Å². The number of rotatable bonds is 6. The Morgan fingerprint density at radius 3 is 2.55 bits per heavy atom.